The SMILES string of the molecule is Nc1cc(C(F)(F)F)ccc1/C=C/S(=O)(=O)NC[C@H]1OC[C@@](O)(n2cnc3c(N)ncnc32)[C@@H]1O. The molecule has 35 heavy (non-hydrogen) atoms. The van der Waals surface area contributed by atoms with Gasteiger partial charge in [-0.15, -0.1) is 0 Å². The monoisotopic (exact) mass is 515 g/mol. The molecule has 16 heteroatoms. The molecule has 3 aromatic rings. The number of sulfonamides is 1. The normalized spacial score (nSPS) is 23.5. The van der Waals surface area contributed by atoms with Crippen LogP contribution in [0.1, 0.15) is 11.1 Å². The predicted octanol–water partition coefficient (Wildman–Crippen LogP) is 0.00460. The second-order valence-corrected chi connectivity index (χ2v) is 9.41. The Morgan fingerprint density at radius 3 is 2.71 bits per heavy atom. The number of ether oxygens (including phenoxy) is 1. The van der Waals surface area contributed by atoms with E-state index in [-0.39, 0.29) is 28.2 Å². The highest BCUT2D eigenvalue weighted by molar-refractivity contribution is 7.92. The minimum absolute atomic E-state index is 0.0585. The van der Waals surface area contributed by atoms with Crippen molar-refractivity contribution in [3.8, 4) is 0 Å². The van der Waals surface area contributed by atoms with Crippen molar-refractivity contribution >= 4 is 38.8 Å². The zero-order valence-corrected chi connectivity index (χ0v) is 18.5. The van der Waals surface area contributed by atoms with E-state index in [0.29, 0.717) is 11.5 Å². The first-order chi connectivity index (χ1) is 16.3. The van der Waals surface area contributed by atoms with Gasteiger partial charge in [-0.25, -0.2) is 28.1 Å². The van der Waals surface area contributed by atoms with Crippen LogP contribution in [0.5, 0.6) is 0 Å². The minimum Gasteiger partial charge on any atom is -0.398 e. The van der Waals surface area contributed by atoms with E-state index in [4.69, 9.17) is 16.2 Å². The van der Waals surface area contributed by atoms with E-state index in [0.717, 1.165) is 29.1 Å². The van der Waals surface area contributed by atoms with Gasteiger partial charge in [0.05, 0.1) is 18.5 Å². The highest BCUT2D eigenvalue weighted by Gasteiger charge is 2.50. The van der Waals surface area contributed by atoms with Gasteiger partial charge in [0, 0.05) is 17.6 Å². The first kappa shape index (κ1) is 24.8. The van der Waals surface area contributed by atoms with Crippen molar-refractivity contribution in [3.05, 3.63) is 47.4 Å². The quantitative estimate of drug-likeness (QED) is 0.279. The first-order valence-electron chi connectivity index (χ1n) is 9.92. The molecule has 1 aromatic carbocycles. The van der Waals surface area contributed by atoms with Crippen molar-refractivity contribution < 1.29 is 36.5 Å². The molecule has 1 aliphatic rings. The van der Waals surface area contributed by atoms with Gasteiger partial charge in [-0.1, -0.05) is 6.07 Å². The van der Waals surface area contributed by atoms with Gasteiger partial charge >= 0.3 is 6.18 Å². The van der Waals surface area contributed by atoms with E-state index < -0.39 is 52.8 Å². The van der Waals surface area contributed by atoms with Crippen LogP contribution in [0.15, 0.2) is 36.3 Å². The van der Waals surface area contributed by atoms with Gasteiger partial charge in [-0.2, -0.15) is 13.2 Å². The third kappa shape index (κ3) is 4.78. The first-order valence-corrected chi connectivity index (χ1v) is 11.5. The number of halogens is 3. The average molecular weight is 515 g/mol. The van der Waals surface area contributed by atoms with Gasteiger partial charge in [0.1, 0.15) is 24.1 Å². The van der Waals surface area contributed by atoms with Crippen molar-refractivity contribution in [2.75, 3.05) is 24.6 Å². The zero-order valence-electron chi connectivity index (χ0n) is 17.7. The van der Waals surface area contributed by atoms with Gasteiger partial charge in [-0.05, 0) is 23.8 Å². The molecule has 1 saturated heterocycles. The summed E-state index contributed by atoms with van der Waals surface area (Å²) in [6, 6.07) is 2.51. The number of nitrogen functional groups attached to an aromatic ring is 2. The summed E-state index contributed by atoms with van der Waals surface area (Å²) in [6.45, 7) is -0.837. The number of hydrogen-bond donors (Lipinski definition) is 5. The second-order valence-electron chi connectivity index (χ2n) is 7.76. The number of aromatic nitrogens is 4. The maximum absolute atomic E-state index is 12.7. The number of alkyl halides is 3. The molecular formula is C19H20F3N7O5S. The summed E-state index contributed by atoms with van der Waals surface area (Å²) in [5.74, 6) is 0.0653. The van der Waals surface area contributed by atoms with Gasteiger partial charge in [0.2, 0.25) is 10.0 Å². The van der Waals surface area contributed by atoms with E-state index >= 15 is 0 Å². The second kappa shape index (κ2) is 8.72. The molecule has 0 aliphatic carbocycles. The van der Waals surface area contributed by atoms with Crippen LogP contribution in [0, 0.1) is 0 Å². The summed E-state index contributed by atoms with van der Waals surface area (Å²) in [7, 11) is -4.11. The number of anilines is 2. The van der Waals surface area contributed by atoms with Crippen molar-refractivity contribution in [3.63, 3.8) is 0 Å². The molecule has 0 spiro atoms. The number of fused-ring (bicyclic) bond motifs is 1. The lowest BCUT2D eigenvalue weighted by Crippen LogP contribution is -2.48. The average Bonchev–Trinajstić information content (AvgIpc) is 3.34. The summed E-state index contributed by atoms with van der Waals surface area (Å²) in [4.78, 5) is 11.8. The van der Waals surface area contributed by atoms with Crippen LogP contribution in [0.4, 0.5) is 24.7 Å². The smallest absolute Gasteiger partial charge is 0.398 e. The Hall–Kier alpha value is -3.31. The zero-order chi connectivity index (χ0) is 25.6. The standard InChI is InChI=1S/C19H20F3N7O5S/c20-19(21,22)11-2-1-10(12(23)5-11)3-4-35(32,33)28-6-13-15(30)18(31,7-34-13)29-9-27-14-16(24)25-8-26-17(14)29/h1-5,8-9,13,15,28,30-31H,6-7,23H2,(H2,24,25,26)/b4-3+/t13-,15-,18+/m1/s1. The van der Waals surface area contributed by atoms with Crippen molar-refractivity contribution in [1.82, 2.24) is 24.2 Å². The molecule has 0 amide bonds. The fraction of sp³-hybridized carbons (Fsp3) is 0.316. The molecule has 3 heterocycles. The summed E-state index contributed by atoms with van der Waals surface area (Å²) in [5, 5.41) is 22.4. The number of nitrogens with zero attached hydrogens (tertiary/aromatic N) is 4. The fourth-order valence-electron chi connectivity index (χ4n) is 3.53. The van der Waals surface area contributed by atoms with Crippen LogP contribution in [0.25, 0.3) is 17.2 Å². The number of aliphatic hydroxyl groups is 2. The van der Waals surface area contributed by atoms with E-state index in [9.17, 15) is 31.8 Å². The third-order valence-corrected chi connectivity index (χ3v) is 6.50. The molecule has 188 valence electrons. The topological polar surface area (TPSA) is 191 Å². The molecule has 7 N–H and O–H groups in total. The number of nitrogens with one attached hydrogen (secondary N) is 1. The maximum Gasteiger partial charge on any atom is 0.416 e. The number of hydrogen-bond acceptors (Lipinski definition) is 10. The Labute approximate surface area is 196 Å². The summed E-state index contributed by atoms with van der Waals surface area (Å²) in [6.07, 6.45) is -3.95. The molecule has 1 fully saturated rings. The summed E-state index contributed by atoms with van der Waals surface area (Å²) >= 11 is 0. The van der Waals surface area contributed by atoms with Gasteiger partial charge < -0.3 is 26.4 Å². The van der Waals surface area contributed by atoms with Gasteiger partial charge in [0.15, 0.2) is 17.2 Å². The van der Waals surface area contributed by atoms with Crippen LogP contribution in [0.3, 0.4) is 0 Å². The van der Waals surface area contributed by atoms with E-state index in [1.807, 2.05) is 0 Å². The molecule has 0 unspecified atom stereocenters. The van der Waals surface area contributed by atoms with Crippen LogP contribution < -0.4 is 16.2 Å². The van der Waals surface area contributed by atoms with Crippen LogP contribution in [0.2, 0.25) is 0 Å². The molecular weight excluding hydrogens is 495 g/mol. The lowest BCUT2D eigenvalue weighted by Gasteiger charge is -2.27. The van der Waals surface area contributed by atoms with Crippen molar-refractivity contribution in [1.29, 1.82) is 0 Å². The molecule has 2 aromatic heterocycles. The van der Waals surface area contributed by atoms with E-state index in [2.05, 4.69) is 19.7 Å². The number of nitrogens with two attached hydrogens (primary N) is 2. The van der Waals surface area contributed by atoms with Crippen molar-refractivity contribution in [2.24, 2.45) is 0 Å². The Bertz CT molecular complexity index is 1400. The molecule has 0 saturated carbocycles. The highest BCUT2D eigenvalue weighted by atomic mass is 32.2. The Morgan fingerprint density at radius 2 is 2.03 bits per heavy atom. The Morgan fingerprint density at radius 1 is 1.29 bits per heavy atom. The van der Waals surface area contributed by atoms with E-state index in [1.54, 1.807) is 0 Å². The lowest BCUT2D eigenvalue weighted by atomic mass is 10.1. The molecule has 12 nitrogen and oxygen atoms in total. The number of rotatable bonds is 6. The van der Waals surface area contributed by atoms with E-state index in [1.165, 1.54) is 6.33 Å². The highest BCUT2D eigenvalue weighted by Crippen LogP contribution is 2.33. The Balaban J connectivity index is 1.44. The fourth-order valence-corrected chi connectivity index (χ4v) is 4.35. The Kier molecular flexibility index (Phi) is 6.18. The maximum atomic E-state index is 12.7. The lowest BCUT2D eigenvalue weighted by molar-refractivity contribution is -0.137. The van der Waals surface area contributed by atoms with Gasteiger partial charge in [-0.3, -0.25) is 4.57 Å². The predicted molar refractivity (Wildman–Crippen MR) is 117 cm³/mol. The van der Waals surface area contributed by atoms with Crippen LogP contribution in [-0.4, -0.2) is 63.5 Å². The summed E-state index contributed by atoms with van der Waals surface area (Å²) in [5.41, 5.74) is 8.48. The molecule has 3 atom stereocenters. The number of benzene rings is 1. The molecule has 0 radical (unpaired) electrons. The van der Waals surface area contributed by atoms with Crippen LogP contribution in [-0.2, 0) is 26.7 Å². The molecule has 1 aliphatic heterocycles. The van der Waals surface area contributed by atoms with Gasteiger partial charge in [0.25, 0.3) is 0 Å². The summed E-state index contributed by atoms with van der Waals surface area (Å²) < 4.78 is 71.7. The molecule has 0 bridgehead atoms. The number of imidazole rings is 1. The largest absolute Gasteiger partial charge is 0.416 e. The van der Waals surface area contributed by atoms with Crippen LogP contribution >= 0.6 is 0 Å². The molecule has 4 rings (SSSR count). The number of aliphatic hydroxyl groups excluding tert-OH is 1. The van der Waals surface area contributed by atoms with Crippen molar-refractivity contribution in [2.45, 2.75) is 24.1 Å². The minimum atomic E-state index is -4.59. The third-order valence-electron chi connectivity index (χ3n) is 5.44.